The van der Waals surface area contributed by atoms with E-state index in [1.54, 1.807) is 19.0 Å². The van der Waals surface area contributed by atoms with Crippen LogP contribution in [0.3, 0.4) is 0 Å². The molecule has 0 aromatic heterocycles. The van der Waals surface area contributed by atoms with Crippen molar-refractivity contribution in [3.05, 3.63) is 29.8 Å². The molecule has 5 rings (SSSR count). The summed E-state index contributed by atoms with van der Waals surface area (Å²) in [4.78, 5) is 27.5. The van der Waals surface area contributed by atoms with Gasteiger partial charge in [0.1, 0.15) is 0 Å². The Morgan fingerprint density at radius 1 is 1.08 bits per heavy atom. The third-order valence-corrected chi connectivity index (χ3v) is 7.40. The number of rotatable bonds is 5. The summed E-state index contributed by atoms with van der Waals surface area (Å²) < 4.78 is 0. The summed E-state index contributed by atoms with van der Waals surface area (Å²) in [5, 5.41) is 3.41. The van der Waals surface area contributed by atoms with Crippen molar-refractivity contribution in [1.82, 2.24) is 10.2 Å². The van der Waals surface area contributed by atoms with Gasteiger partial charge in [-0.1, -0.05) is 12.1 Å². The smallest absolute Gasteiger partial charge is 0.254 e. The lowest BCUT2D eigenvalue weighted by Crippen LogP contribution is -2.60. The summed E-state index contributed by atoms with van der Waals surface area (Å²) >= 11 is 1.47. The number of amides is 2. The molecule has 4 saturated carbocycles. The summed E-state index contributed by atoms with van der Waals surface area (Å²) in [6.07, 6.45) is 7.65. The van der Waals surface area contributed by atoms with Crippen molar-refractivity contribution in [1.29, 1.82) is 0 Å². The number of nitrogens with zero attached hydrogens (tertiary/aromatic N) is 1. The van der Waals surface area contributed by atoms with Crippen LogP contribution in [-0.2, 0) is 4.79 Å². The molecule has 2 amide bonds. The number of nitrogens with one attached hydrogen (secondary N) is 1. The molecule has 4 fully saturated rings. The highest BCUT2D eigenvalue weighted by molar-refractivity contribution is 8.00. The van der Waals surface area contributed by atoms with Crippen molar-refractivity contribution in [2.24, 2.45) is 17.8 Å². The summed E-state index contributed by atoms with van der Waals surface area (Å²) in [5.74, 6) is 2.95. The fourth-order valence-corrected chi connectivity index (χ4v) is 6.59. The fourth-order valence-electron chi connectivity index (χ4n) is 5.75. The van der Waals surface area contributed by atoms with E-state index in [4.69, 9.17) is 0 Å². The third kappa shape index (κ3) is 3.51. The van der Waals surface area contributed by atoms with Crippen molar-refractivity contribution in [3.8, 4) is 0 Å². The minimum atomic E-state index is -0.0189. The second-order valence-electron chi connectivity index (χ2n) is 8.73. The highest BCUT2D eigenvalue weighted by Crippen LogP contribution is 2.55. The molecule has 1 aromatic carbocycles. The normalized spacial score (nSPS) is 31.7. The first kappa shape index (κ1) is 17.9. The van der Waals surface area contributed by atoms with Gasteiger partial charge in [0.2, 0.25) is 5.91 Å². The zero-order valence-corrected chi connectivity index (χ0v) is 16.5. The van der Waals surface area contributed by atoms with Gasteiger partial charge < -0.3 is 10.2 Å². The Balaban J connectivity index is 1.39. The van der Waals surface area contributed by atoms with E-state index in [1.807, 2.05) is 24.3 Å². The minimum Gasteiger partial charge on any atom is -0.350 e. The monoisotopic (exact) mass is 372 g/mol. The predicted molar refractivity (Wildman–Crippen MR) is 104 cm³/mol. The first-order chi connectivity index (χ1) is 12.4. The predicted octanol–water partition coefficient (Wildman–Crippen LogP) is 3.57. The molecule has 26 heavy (non-hydrogen) atoms. The summed E-state index contributed by atoms with van der Waals surface area (Å²) in [5.41, 5.74) is 0.732. The highest BCUT2D eigenvalue weighted by atomic mass is 32.2. The Bertz CT molecular complexity index is 680. The van der Waals surface area contributed by atoms with Gasteiger partial charge in [-0.05, 0) is 68.4 Å². The van der Waals surface area contributed by atoms with E-state index in [2.05, 4.69) is 5.32 Å². The molecular formula is C21H28N2O2S. The van der Waals surface area contributed by atoms with Crippen molar-refractivity contribution >= 4 is 23.6 Å². The van der Waals surface area contributed by atoms with E-state index in [0.717, 1.165) is 22.6 Å². The molecule has 0 atom stereocenters. The van der Waals surface area contributed by atoms with Crippen LogP contribution in [0.1, 0.15) is 48.9 Å². The molecule has 0 saturated heterocycles. The number of thioether (sulfide) groups is 1. The van der Waals surface area contributed by atoms with Crippen LogP contribution in [0.25, 0.3) is 0 Å². The number of benzene rings is 1. The van der Waals surface area contributed by atoms with Gasteiger partial charge in [0.05, 0.1) is 11.3 Å². The molecule has 0 unspecified atom stereocenters. The van der Waals surface area contributed by atoms with Crippen LogP contribution in [0.15, 0.2) is 29.2 Å². The van der Waals surface area contributed by atoms with Crippen molar-refractivity contribution < 1.29 is 9.59 Å². The van der Waals surface area contributed by atoms with Gasteiger partial charge in [0.15, 0.2) is 0 Å². The lowest BCUT2D eigenvalue weighted by atomic mass is 9.53. The largest absolute Gasteiger partial charge is 0.350 e. The first-order valence-electron chi connectivity index (χ1n) is 9.68. The van der Waals surface area contributed by atoms with Crippen LogP contribution < -0.4 is 5.32 Å². The van der Waals surface area contributed by atoms with Crippen LogP contribution in [-0.4, -0.2) is 42.1 Å². The molecule has 140 valence electrons. The van der Waals surface area contributed by atoms with Gasteiger partial charge in [-0.3, -0.25) is 9.59 Å². The van der Waals surface area contributed by atoms with Gasteiger partial charge in [0, 0.05) is 24.5 Å². The Kier molecular flexibility index (Phi) is 4.76. The van der Waals surface area contributed by atoms with E-state index >= 15 is 0 Å². The Hall–Kier alpha value is -1.49. The SMILES string of the molecule is CN(C)C(=O)c1ccccc1SCC(=O)NC12CC3CC(CC(C3)C1)C2. The molecule has 4 aliphatic carbocycles. The lowest BCUT2D eigenvalue weighted by molar-refractivity contribution is -0.124. The van der Waals surface area contributed by atoms with Crippen molar-refractivity contribution in [2.45, 2.75) is 49.0 Å². The van der Waals surface area contributed by atoms with Crippen LogP contribution in [0.5, 0.6) is 0 Å². The molecule has 0 radical (unpaired) electrons. The van der Waals surface area contributed by atoms with Gasteiger partial charge >= 0.3 is 0 Å². The minimum absolute atomic E-state index is 0.0189. The molecule has 0 spiro atoms. The highest BCUT2D eigenvalue weighted by Gasteiger charge is 2.51. The standard InChI is InChI=1S/C21H28N2O2S/c1-23(2)20(25)17-5-3-4-6-18(17)26-13-19(24)22-21-10-14-7-15(11-21)9-16(8-14)12-21/h3-6,14-16H,7-13H2,1-2H3,(H,22,24). The van der Waals surface area contributed by atoms with E-state index in [9.17, 15) is 9.59 Å². The molecule has 4 bridgehead atoms. The Morgan fingerprint density at radius 3 is 2.23 bits per heavy atom. The lowest BCUT2D eigenvalue weighted by Gasteiger charge is -2.56. The van der Waals surface area contributed by atoms with E-state index in [0.29, 0.717) is 11.3 Å². The van der Waals surface area contributed by atoms with Gasteiger partial charge in [-0.2, -0.15) is 0 Å². The van der Waals surface area contributed by atoms with Crippen molar-refractivity contribution in [3.63, 3.8) is 0 Å². The molecule has 5 heteroatoms. The molecule has 4 aliphatic rings. The zero-order chi connectivity index (χ0) is 18.3. The molecule has 1 N–H and O–H groups in total. The van der Waals surface area contributed by atoms with Crippen LogP contribution >= 0.6 is 11.8 Å². The molecule has 4 nitrogen and oxygen atoms in total. The maximum absolute atomic E-state index is 12.7. The van der Waals surface area contributed by atoms with Crippen molar-refractivity contribution in [2.75, 3.05) is 19.8 Å². The first-order valence-corrected chi connectivity index (χ1v) is 10.7. The van der Waals surface area contributed by atoms with Crippen LogP contribution in [0.2, 0.25) is 0 Å². The van der Waals surface area contributed by atoms with E-state index in [1.165, 1.54) is 50.3 Å². The second kappa shape index (κ2) is 6.91. The van der Waals surface area contributed by atoms with Gasteiger partial charge in [0.25, 0.3) is 5.91 Å². The molecular weight excluding hydrogens is 344 g/mol. The summed E-state index contributed by atoms with van der Waals surface area (Å²) in [6.45, 7) is 0. The third-order valence-electron chi connectivity index (χ3n) is 6.33. The Morgan fingerprint density at radius 2 is 1.65 bits per heavy atom. The average molecular weight is 373 g/mol. The maximum Gasteiger partial charge on any atom is 0.254 e. The number of carbonyl (C=O) groups excluding carboxylic acids is 2. The zero-order valence-electron chi connectivity index (χ0n) is 15.7. The van der Waals surface area contributed by atoms with Crippen LogP contribution in [0, 0.1) is 17.8 Å². The van der Waals surface area contributed by atoms with E-state index in [-0.39, 0.29) is 17.4 Å². The summed E-state index contributed by atoms with van der Waals surface area (Å²) in [7, 11) is 3.51. The average Bonchev–Trinajstić information content (AvgIpc) is 2.58. The molecule has 0 heterocycles. The van der Waals surface area contributed by atoms with Gasteiger partial charge in [-0.15, -0.1) is 11.8 Å². The maximum atomic E-state index is 12.7. The second-order valence-corrected chi connectivity index (χ2v) is 9.75. The van der Waals surface area contributed by atoms with Crippen LogP contribution in [0.4, 0.5) is 0 Å². The molecule has 1 aromatic rings. The fraction of sp³-hybridized carbons (Fsp3) is 0.619. The quantitative estimate of drug-likeness (QED) is 0.804. The van der Waals surface area contributed by atoms with E-state index < -0.39 is 0 Å². The number of carbonyl (C=O) groups is 2. The molecule has 0 aliphatic heterocycles. The Labute approximate surface area is 160 Å². The summed E-state index contributed by atoms with van der Waals surface area (Å²) in [6, 6.07) is 7.56. The topological polar surface area (TPSA) is 49.4 Å². The number of hydrogen-bond donors (Lipinski definition) is 1. The van der Waals surface area contributed by atoms with Gasteiger partial charge in [-0.25, -0.2) is 0 Å². The number of hydrogen-bond acceptors (Lipinski definition) is 3.